The molecule has 0 spiro atoms. The molecule has 2 aromatic rings. The average molecular weight is 301 g/mol. The van der Waals surface area contributed by atoms with E-state index in [4.69, 9.17) is 0 Å². The van der Waals surface area contributed by atoms with Crippen LogP contribution < -0.4 is 0 Å². The Morgan fingerprint density at radius 3 is 2.29 bits per heavy atom. The van der Waals surface area contributed by atoms with E-state index in [0.717, 1.165) is 22.7 Å². The summed E-state index contributed by atoms with van der Waals surface area (Å²) in [5.74, 6) is -1.20. The molecule has 0 saturated heterocycles. The smallest absolute Gasteiger partial charge is 0.126 e. The molecule has 0 unspecified atom stereocenters. The molecule has 0 aliphatic heterocycles. The lowest BCUT2D eigenvalue weighted by Crippen LogP contribution is -1.96. The van der Waals surface area contributed by atoms with Crippen molar-refractivity contribution >= 4 is 15.9 Å². The SMILES string of the molecule is CCc1c(Br)c(-c2cc(F)cc(F)c2)nn1C. The summed E-state index contributed by atoms with van der Waals surface area (Å²) < 4.78 is 28.8. The van der Waals surface area contributed by atoms with Gasteiger partial charge in [0.15, 0.2) is 0 Å². The molecule has 0 amide bonds. The van der Waals surface area contributed by atoms with Crippen LogP contribution in [-0.4, -0.2) is 9.78 Å². The lowest BCUT2D eigenvalue weighted by Gasteiger charge is -1.99. The molecule has 0 aliphatic rings. The maximum absolute atomic E-state index is 13.1. The summed E-state index contributed by atoms with van der Waals surface area (Å²) in [5.41, 5.74) is 1.98. The van der Waals surface area contributed by atoms with Gasteiger partial charge in [-0.1, -0.05) is 6.92 Å². The van der Waals surface area contributed by atoms with Crippen LogP contribution >= 0.6 is 15.9 Å². The quantitative estimate of drug-likeness (QED) is 0.827. The van der Waals surface area contributed by atoms with E-state index in [1.807, 2.05) is 14.0 Å². The van der Waals surface area contributed by atoms with Crippen LogP contribution in [0.5, 0.6) is 0 Å². The van der Waals surface area contributed by atoms with Gasteiger partial charge in [-0.25, -0.2) is 8.78 Å². The van der Waals surface area contributed by atoms with Crippen molar-refractivity contribution in [1.29, 1.82) is 0 Å². The highest BCUT2D eigenvalue weighted by Crippen LogP contribution is 2.31. The molecular formula is C12H11BrF2N2. The monoisotopic (exact) mass is 300 g/mol. The lowest BCUT2D eigenvalue weighted by molar-refractivity contribution is 0.584. The third kappa shape index (κ3) is 2.24. The van der Waals surface area contributed by atoms with Gasteiger partial charge in [0, 0.05) is 18.7 Å². The Morgan fingerprint density at radius 1 is 1.24 bits per heavy atom. The fraction of sp³-hybridized carbons (Fsp3) is 0.250. The van der Waals surface area contributed by atoms with Gasteiger partial charge in [0.1, 0.15) is 17.3 Å². The summed E-state index contributed by atoms with van der Waals surface area (Å²) in [6, 6.07) is 3.40. The molecule has 0 saturated carbocycles. The van der Waals surface area contributed by atoms with E-state index in [2.05, 4.69) is 21.0 Å². The van der Waals surface area contributed by atoms with E-state index in [1.165, 1.54) is 12.1 Å². The number of halogens is 3. The van der Waals surface area contributed by atoms with E-state index in [9.17, 15) is 8.78 Å². The van der Waals surface area contributed by atoms with Gasteiger partial charge in [-0.3, -0.25) is 4.68 Å². The molecular weight excluding hydrogens is 290 g/mol. The second-order valence-electron chi connectivity index (χ2n) is 3.74. The van der Waals surface area contributed by atoms with Gasteiger partial charge in [-0.15, -0.1) is 0 Å². The number of nitrogens with zero attached hydrogens (tertiary/aromatic N) is 2. The lowest BCUT2D eigenvalue weighted by atomic mass is 10.1. The van der Waals surface area contributed by atoms with Gasteiger partial charge in [0.2, 0.25) is 0 Å². The largest absolute Gasteiger partial charge is 0.271 e. The fourth-order valence-corrected chi connectivity index (χ4v) is 2.64. The van der Waals surface area contributed by atoms with Crippen LogP contribution in [0.2, 0.25) is 0 Å². The second kappa shape index (κ2) is 4.56. The van der Waals surface area contributed by atoms with Crippen molar-refractivity contribution in [3.63, 3.8) is 0 Å². The first-order valence-corrected chi connectivity index (χ1v) is 6.00. The molecule has 0 bridgehead atoms. The number of rotatable bonds is 2. The summed E-state index contributed by atoms with van der Waals surface area (Å²) in [4.78, 5) is 0. The zero-order valence-electron chi connectivity index (χ0n) is 9.47. The van der Waals surface area contributed by atoms with Crippen molar-refractivity contribution in [2.45, 2.75) is 13.3 Å². The zero-order valence-corrected chi connectivity index (χ0v) is 11.1. The highest BCUT2D eigenvalue weighted by Gasteiger charge is 2.15. The van der Waals surface area contributed by atoms with E-state index < -0.39 is 11.6 Å². The van der Waals surface area contributed by atoms with Crippen LogP contribution in [0.1, 0.15) is 12.6 Å². The molecule has 1 aromatic heterocycles. The van der Waals surface area contributed by atoms with Crippen molar-refractivity contribution in [1.82, 2.24) is 9.78 Å². The minimum atomic E-state index is -0.601. The van der Waals surface area contributed by atoms with E-state index in [0.29, 0.717) is 11.3 Å². The highest BCUT2D eigenvalue weighted by molar-refractivity contribution is 9.10. The minimum Gasteiger partial charge on any atom is -0.271 e. The van der Waals surface area contributed by atoms with Gasteiger partial charge in [-0.05, 0) is 34.5 Å². The Labute approximate surface area is 106 Å². The van der Waals surface area contributed by atoms with Crippen LogP contribution in [0.3, 0.4) is 0 Å². The first-order valence-electron chi connectivity index (χ1n) is 5.20. The second-order valence-corrected chi connectivity index (χ2v) is 4.54. The molecule has 1 aromatic carbocycles. The molecule has 17 heavy (non-hydrogen) atoms. The zero-order chi connectivity index (χ0) is 12.6. The molecule has 5 heteroatoms. The van der Waals surface area contributed by atoms with Gasteiger partial charge in [-0.2, -0.15) is 5.10 Å². The van der Waals surface area contributed by atoms with E-state index >= 15 is 0 Å². The van der Waals surface area contributed by atoms with E-state index in [-0.39, 0.29) is 0 Å². The number of benzene rings is 1. The van der Waals surface area contributed by atoms with Gasteiger partial charge >= 0.3 is 0 Å². The van der Waals surface area contributed by atoms with Crippen LogP contribution in [0.15, 0.2) is 22.7 Å². The van der Waals surface area contributed by atoms with Crippen LogP contribution in [0.25, 0.3) is 11.3 Å². The molecule has 0 aliphatic carbocycles. The third-order valence-corrected chi connectivity index (χ3v) is 3.41. The normalized spacial score (nSPS) is 10.9. The number of aryl methyl sites for hydroxylation is 1. The molecule has 0 N–H and O–H groups in total. The predicted octanol–water partition coefficient (Wildman–Crippen LogP) is 3.69. The van der Waals surface area contributed by atoms with Crippen molar-refractivity contribution in [3.8, 4) is 11.3 Å². The Bertz CT molecular complexity index is 544. The summed E-state index contributed by atoms with van der Waals surface area (Å²) in [6.45, 7) is 2.00. The summed E-state index contributed by atoms with van der Waals surface area (Å²) in [7, 11) is 1.81. The maximum atomic E-state index is 13.1. The number of hydrogen-bond acceptors (Lipinski definition) is 1. The first-order chi connectivity index (χ1) is 8.02. The Morgan fingerprint density at radius 2 is 1.82 bits per heavy atom. The number of aromatic nitrogens is 2. The van der Waals surface area contributed by atoms with Gasteiger partial charge < -0.3 is 0 Å². The molecule has 2 rings (SSSR count). The van der Waals surface area contributed by atoms with Crippen molar-refractivity contribution < 1.29 is 8.78 Å². The predicted molar refractivity (Wildman–Crippen MR) is 65.6 cm³/mol. The molecule has 90 valence electrons. The Balaban J connectivity index is 2.60. The molecule has 0 atom stereocenters. The van der Waals surface area contributed by atoms with E-state index in [1.54, 1.807) is 4.68 Å². The van der Waals surface area contributed by atoms with Crippen molar-refractivity contribution in [2.75, 3.05) is 0 Å². The third-order valence-electron chi connectivity index (χ3n) is 2.57. The molecule has 2 nitrogen and oxygen atoms in total. The Hall–Kier alpha value is -1.23. The van der Waals surface area contributed by atoms with Crippen molar-refractivity contribution in [2.24, 2.45) is 7.05 Å². The van der Waals surface area contributed by atoms with Crippen LogP contribution in [0.4, 0.5) is 8.78 Å². The maximum Gasteiger partial charge on any atom is 0.126 e. The van der Waals surface area contributed by atoms with Crippen LogP contribution in [-0.2, 0) is 13.5 Å². The minimum absolute atomic E-state index is 0.435. The highest BCUT2D eigenvalue weighted by atomic mass is 79.9. The molecule has 0 fully saturated rings. The fourth-order valence-electron chi connectivity index (χ4n) is 1.79. The Kier molecular flexibility index (Phi) is 3.28. The summed E-state index contributed by atoms with van der Waals surface area (Å²) in [5, 5.41) is 4.27. The van der Waals surface area contributed by atoms with Crippen molar-refractivity contribution in [3.05, 3.63) is 40.0 Å². The van der Waals surface area contributed by atoms with Gasteiger partial charge in [0.05, 0.1) is 10.2 Å². The summed E-state index contributed by atoms with van der Waals surface area (Å²) >= 11 is 3.42. The summed E-state index contributed by atoms with van der Waals surface area (Å²) in [6.07, 6.45) is 0.794. The topological polar surface area (TPSA) is 17.8 Å². The van der Waals surface area contributed by atoms with Gasteiger partial charge in [0.25, 0.3) is 0 Å². The standard InChI is InChI=1S/C12H11BrF2N2/c1-3-10-11(13)12(16-17(10)2)7-4-8(14)6-9(15)5-7/h4-6H,3H2,1-2H3. The van der Waals surface area contributed by atoms with Crippen LogP contribution in [0, 0.1) is 11.6 Å². The molecule has 0 radical (unpaired) electrons. The average Bonchev–Trinajstić information content (AvgIpc) is 2.52. The number of hydrogen-bond donors (Lipinski definition) is 0. The first kappa shape index (κ1) is 12.2. The molecule has 1 heterocycles.